The summed E-state index contributed by atoms with van der Waals surface area (Å²) in [4.78, 5) is 28.1. The Morgan fingerprint density at radius 2 is 1.76 bits per heavy atom. The number of pyridine rings is 1. The van der Waals surface area contributed by atoms with E-state index in [1.165, 1.54) is 6.26 Å². The third kappa shape index (κ3) is 5.45. The van der Waals surface area contributed by atoms with Crippen molar-refractivity contribution in [2.24, 2.45) is 4.36 Å². The normalized spacial score (nSPS) is 13.2. The van der Waals surface area contributed by atoms with Crippen LogP contribution in [0, 0.1) is 0 Å². The molecule has 0 amide bonds. The standard InChI is InChI=1S/C24H28ClN3O4S/c1-4-16(5-2)27-20-18(22(30)23(20)31)8-6-7-15-9-10-19(25)24(21(15)29)33(3,32)28-17-11-13-26-14-12-17/h9-14,16,27,29H,4-8H2,1-3H3. The van der Waals surface area contributed by atoms with Crippen LogP contribution in [0.5, 0.6) is 5.75 Å². The van der Waals surface area contributed by atoms with Crippen LogP contribution in [0.25, 0.3) is 0 Å². The molecule has 0 saturated carbocycles. The number of halogens is 1. The predicted molar refractivity (Wildman–Crippen MR) is 133 cm³/mol. The molecule has 1 unspecified atom stereocenters. The third-order valence-electron chi connectivity index (χ3n) is 5.70. The Labute approximate surface area is 198 Å². The maximum absolute atomic E-state index is 13.3. The van der Waals surface area contributed by atoms with Crippen LogP contribution < -0.4 is 16.2 Å². The SMILES string of the molecule is CCC(CC)Nc1c(CCCc2ccc(Cl)c(S(C)(=O)=Nc3ccncc3)c2O)c(=O)c1=O. The minimum absolute atomic E-state index is 0.0867. The monoisotopic (exact) mass is 489 g/mol. The molecule has 0 radical (unpaired) electrons. The van der Waals surface area contributed by atoms with Crippen LogP contribution in [-0.4, -0.2) is 26.6 Å². The molecule has 0 bridgehead atoms. The van der Waals surface area contributed by atoms with Crippen molar-refractivity contribution < 1.29 is 9.32 Å². The zero-order chi connectivity index (χ0) is 24.2. The lowest BCUT2D eigenvalue weighted by molar-refractivity contribution is 0.453. The van der Waals surface area contributed by atoms with Gasteiger partial charge >= 0.3 is 0 Å². The maximum Gasteiger partial charge on any atom is 0.249 e. The van der Waals surface area contributed by atoms with E-state index < -0.39 is 20.6 Å². The van der Waals surface area contributed by atoms with E-state index in [9.17, 15) is 18.9 Å². The lowest BCUT2D eigenvalue weighted by atomic mass is 9.97. The molecule has 0 fully saturated rings. The molecular formula is C24H28ClN3O4S. The zero-order valence-corrected chi connectivity index (χ0v) is 20.5. The van der Waals surface area contributed by atoms with Gasteiger partial charge in [0, 0.05) is 30.3 Å². The third-order valence-corrected chi connectivity index (χ3v) is 7.86. The first-order valence-corrected chi connectivity index (χ1v) is 13.2. The molecule has 0 saturated heterocycles. The van der Waals surface area contributed by atoms with Crippen LogP contribution in [0.15, 0.2) is 55.5 Å². The van der Waals surface area contributed by atoms with Crippen LogP contribution in [0.4, 0.5) is 11.4 Å². The molecule has 2 aromatic carbocycles. The summed E-state index contributed by atoms with van der Waals surface area (Å²) in [5, 5.41) is 14.2. The summed E-state index contributed by atoms with van der Waals surface area (Å²) in [5.41, 5.74) is 1.04. The number of benzene rings is 1. The molecule has 0 aliphatic carbocycles. The van der Waals surface area contributed by atoms with E-state index in [2.05, 4.69) is 14.7 Å². The Balaban J connectivity index is 1.80. The Morgan fingerprint density at radius 3 is 2.39 bits per heavy atom. The molecule has 0 aliphatic heterocycles. The van der Waals surface area contributed by atoms with Crippen molar-refractivity contribution >= 4 is 32.7 Å². The largest absolute Gasteiger partial charge is 0.506 e. The molecule has 0 spiro atoms. The van der Waals surface area contributed by atoms with Crippen LogP contribution in [0.2, 0.25) is 5.02 Å². The average molecular weight is 490 g/mol. The number of phenols is 1. The summed E-state index contributed by atoms with van der Waals surface area (Å²) < 4.78 is 17.6. The van der Waals surface area contributed by atoms with Crippen molar-refractivity contribution in [2.45, 2.75) is 56.9 Å². The van der Waals surface area contributed by atoms with Gasteiger partial charge in [-0.05, 0) is 55.9 Å². The summed E-state index contributed by atoms with van der Waals surface area (Å²) in [6, 6.07) is 6.66. The van der Waals surface area contributed by atoms with E-state index in [0.29, 0.717) is 41.8 Å². The number of aromatic hydroxyl groups is 1. The van der Waals surface area contributed by atoms with Gasteiger partial charge in [-0.25, -0.2) is 4.21 Å². The summed E-state index contributed by atoms with van der Waals surface area (Å²) >= 11 is 6.29. The number of hydrogen-bond acceptors (Lipinski definition) is 7. The Bertz CT molecular complexity index is 1320. The van der Waals surface area contributed by atoms with Crippen LogP contribution in [0.1, 0.15) is 44.2 Å². The van der Waals surface area contributed by atoms with Crippen molar-refractivity contribution in [3.63, 3.8) is 0 Å². The highest BCUT2D eigenvalue weighted by Crippen LogP contribution is 2.36. The maximum atomic E-state index is 13.3. The first-order chi connectivity index (χ1) is 15.7. The van der Waals surface area contributed by atoms with Crippen LogP contribution in [0.3, 0.4) is 0 Å². The molecule has 9 heteroatoms. The number of phenolic OH excluding ortho intramolecular Hbond substituents is 1. The molecule has 0 aliphatic rings. The smallest absolute Gasteiger partial charge is 0.249 e. The van der Waals surface area contributed by atoms with E-state index in [1.54, 1.807) is 36.7 Å². The van der Waals surface area contributed by atoms with Gasteiger partial charge in [0.25, 0.3) is 0 Å². The van der Waals surface area contributed by atoms with E-state index in [0.717, 1.165) is 12.8 Å². The summed E-state index contributed by atoms with van der Waals surface area (Å²) in [6.07, 6.45) is 7.59. The molecular weight excluding hydrogens is 462 g/mol. The topological polar surface area (TPSA) is 109 Å². The number of aryl methyl sites for hydroxylation is 1. The minimum Gasteiger partial charge on any atom is -0.506 e. The number of nitrogens with zero attached hydrogens (tertiary/aromatic N) is 2. The fourth-order valence-electron chi connectivity index (χ4n) is 3.78. The minimum atomic E-state index is -3.03. The summed E-state index contributed by atoms with van der Waals surface area (Å²) in [7, 11) is -3.03. The van der Waals surface area contributed by atoms with Crippen molar-refractivity contribution in [1.29, 1.82) is 0 Å². The van der Waals surface area contributed by atoms with E-state index in [-0.39, 0.29) is 21.7 Å². The molecule has 7 nitrogen and oxygen atoms in total. The van der Waals surface area contributed by atoms with Gasteiger partial charge < -0.3 is 10.4 Å². The van der Waals surface area contributed by atoms with Gasteiger partial charge in [0.2, 0.25) is 10.9 Å². The first-order valence-electron chi connectivity index (χ1n) is 10.9. The molecule has 1 atom stereocenters. The van der Waals surface area contributed by atoms with Crippen molar-refractivity contribution in [3.8, 4) is 5.75 Å². The predicted octanol–water partition coefficient (Wildman–Crippen LogP) is 4.60. The molecule has 176 valence electrons. The molecule has 3 rings (SSSR count). The van der Waals surface area contributed by atoms with Crippen molar-refractivity contribution in [2.75, 3.05) is 11.6 Å². The molecule has 2 N–H and O–H groups in total. The van der Waals surface area contributed by atoms with Gasteiger partial charge in [-0.1, -0.05) is 31.5 Å². The highest BCUT2D eigenvalue weighted by molar-refractivity contribution is 7.93. The zero-order valence-electron chi connectivity index (χ0n) is 18.9. The van der Waals surface area contributed by atoms with Crippen LogP contribution >= 0.6 is 11.6 Å². The second-order valence-corrected chi connectivity index (χ2v) is 10.6. The van der Waals surface area contributed by atoms with Gasteiger partial charge in [-0.3, -0.25) is 14.6 Å². The van der Waals surface area contributed by atoms with Gasteiger partial charge in [0.05, 0.1) is 26.1 Å². The number of anilines is 1. The summed E-state index contributed by atoms with van der Waals surface area (Å²) in [6.45, 7) is 4.06. The number of rotatable bonds is 10. The Morgan fingerprint density at radius 1 is 1.09 bits per heavy atom. The fraction of sp³-hybridized carbons (Fsp3) is 0.375. The quantitative estimate of drug-likeness (QED) is 0.403. The van der Waals surface area contributed by atoms with Crippen molar-refractivity contribution in [1.82, 2.24) is 4.98 Å². The van der Waals surface area contributed by atoms with E-state index in [4.69, 9.17) is 11.6 Å². The van der Waals surface area contributed by atoms with Crippen molar-refractivity contribution in [3.05, 3.63) is 73.3 Å². The average Bonchev–Trinajstić information content (AvgIpc) is 2.79. The van der Waals surface area contributed by atoms with E-state index in [1.807, 2.05) is 13.8 Å². The highest BCUT2D eigenvalue weighted by Gasteiger charge is 2.23. The Kier molecular flexibility index (Phi) is 7.92. The first kappa shape index (κ1) is 24.9. The number of nitrogens with one attached hydrogen (secondary N) is 1. The number of hydrogen-bond donors (Lipinski definition) is 2. The lowest BCUT2D eigenvalue weighted by Gasteiger charge is -2.20. The van der Waals surface area contributed by atoms with E-state index >= 15 is 0 Å². The lowest BCUT2D eigenvalue weighted by Crippen LogP contribution is -2.40. The second kappa shape index (κ2) is 10.5. The van der Waals surface area contributed by atoms with Gasteiger partial charge in [0.1, 0.15) is 10.6 Å². The Hall–Kier alpha value is -2.71. The molecule has 3 aromatic rings. The van der Waals surface area contributed by atoms with Gasteiger partial charge in [0.15, 0.2) is 0 Å². The van der Waals surface area contributed by atoms with Crippen LogP contribution in [-0.2, 0) is 22.6 Å². The fourth-order valence-corrected chi connectivity index (χ4v) is 5.90. The highest BCUT2D eigenvalue weighted by atomic mass is 35.5. The molecule has 33 heavy (non-hydrogen) atoms. The summed E-state index contributed by atoms with van der Waals surface area (Å²) in [5.74, 6) is -0.159. The van der Waals surface area contributed by atoms with Gasteiger partial charge in [-0.2, -0.15) is 4.36 Å². The molecule has 1 heterocycles. The number of aromatic nitrogens is 1. The van der Waals surface area contributed by atoms with Gasteiger partial charge in [-0.15, -0.1) is 0 Å². The second-order valence-electron chi connectivity index (χ2n) is 8.01. The molecule has 1 aromatic heterocycles.